The topological polar surface area (TPSA) is 65.5 Å². The molecule has 1 unspecified atom stereocenters. The average Bonchev–Trinajstić information content (AvgIpc) is 2.53. The Morgan fingerprint density at radius 3 is 2.43 bits per heavy atom. The number of hydrogen-bond donors (Lipinski definition) is 3. The molecule has 128 valence electrons. The molecule has 0 spiro atoms. The van der Waals surface area contributed by atoms with Crippen LogP contribution in [0.2, 0.25) is 0 Å². The van der Waals surface area contributed by atoms with Crippen molar-refractivity contribution in [1.29, 1.82) is 0 Å². The molecule has 23 heavy (non-hydrogen) atoms. The van der Waals surface area contributed by atoms with E-state index < -0.39 is 0 Å². The third-order valence-electron chi connectivity index (χ3n) is 3.67. The van der Waals surface area contributed by atoms with Gasteiger partial charge in [-0.05, 0) is 31.7 Å². The Morgan fingerprint density at radius 1 is 1.13 bits per heavy atom. The lowest BCUT2D eigenvalue weighted by Gasteiger charge is -2.20. The van der Waals surface area contributed by atoms with Gasteiger partial charge in [0.1, 0.15) is 6.54 Å². The van der Waals surface area contributed by atoms with E-state index in [0.29, 0.717) is 24.5 Å². The summed E-state index contributed by atoms with van der Waals surface area (Å²) in [6.07, 6.45) is 0.832. The van der Waals surface area contributed by atoms with Crippen LogP contribution in [0.3, 0.4) is 0 Å². The Morgan fingerprint density at radius 2 is 1.83 bits per heavy atom. The molecule has 1 atom stereocenters. The van der Waals surface area contributed by atoms with Crippen LogP contribution in [0.4, 0.5) is 0 Å². The van der Waals surface area contributed by atoms with E-state index in [0.717, 1.165) is 13.0 Å². The summed E-state index contributed by atoms with van der Waals surface area (Å²) < 4.78 is 0. The number of benzene rings is 1. The van der Waals surface area contributed by atoms with Gasteiger partial charge >= 0.3 is 0 Å². The predicted molar refractivity (Wildman–Crippen MR) is 96.6 cm³/mol. The van der Waals surface area contributed by atoms with Crippen LogP contribution in [0.5, 0.6) is 0 Å². The Labute approximate surface area is 140 Å². The zero-order valence-electron chi connectivity index (χ0n) is 14.7. The molecule has 1 rings (SSSR count). The van der Waals surface area contributed by atoms with Gasteiger partial charge in [0.25, 0.3) is 0 Å². The first kappa shape index (κ1) is 19.0. The van der Waals surface area contributed by atoms with Gasteiger partial charge in [0.2, 0.25) is 5.91 Å². The molecule has 0 aliphatic heterocycles. The van der Waals surface area contributed by atoms with Crippen molar-refractivity contribution in [3.05, 3.63) is 35.9 Å². The highest BCUT2D eigenvalue weighted by Crippen LogP contribution is 1.99. The standard InChI is InChI=1S/C18H30N4O/c1-5-19-18(22-15(4)14(2)3)21-13-17(23)20-12-11-16-9-7-6-8-10-16/h6-10,14-15H,5,11-13H2,1-4H3,(H,20,23)(H2,19,21,22). The van der Waals surface area contributed by atoms with E-state index in [2.05, 4.69) is 53.8 Å². The number of carbonyl (C=O) groups is 1. The molecule has 0 saturated carbocycles. The van der Waals surface area contributed by atoms with Crippen molar-refractivity contribution in [2.24, 2.45) is 10.9 Å². The highest BCUT2D eigenvalue weighted by atomic mass is 16.1. The normalized spacial score (nSPS) is 12.8. The Hall–Kier alpha value is -2.04. The van der Waals surface area contributed by atoms with Crippen LogP contribution in [0.25, 0.3) is 0 Å². The minimum absolute atomic E-state index is 0.0599. The molecule has 0 aromatic heterocycles. The number of aliphatic imine (C=N–C) groups is 1. The summed E-state index contributed by atoms with van der Waals surface area (Å²) in [5.74, 6) is 1.13. The van der Waals surface area contributed by atoms with Crippen LogP contribution >= 0.6 is 0 Å². The van der Waals surface area contributed by atoms with Gasteiger partial charge in [0.15, 0.2) is 5.96 Å². The van der Waals surface area contributed by atoms with Crippen molar-refractivity contribution < 1.29 is 4.79 Å². The maximum atomic E-state index is 11.9. The van der Waals surface area contributed by atoms with Gasteiger partial charge in [-0.1, -0.05) is 44.2 Å². The molecule has 0 heterocycles. The molecule has 5 nitrogen and oxygen atoms in total. The number of carbonyl (C=O) groups excluding carboxylic acids is 1. The molecule has 1 amide bonds. The van der Waals surface area contributed by atoms with E-state index in [9.17, 15) is 4.79 Å². The zero-order chi connectivity index (χ0) is 17.1. The van der Waals surface area contributed by atoms with Crippen LogP contribution in [0.15, 0.2) is 35.3 Å². The smallest absolute Gasteiger partial charge is 0.241 e. The number of hydrogen-bond acceptors (Lipinski definition) is 2. The van der Waals surface area contributed by atoms with Crippen molar-refractivity contribution in [1.82, 2.24) is 16.0 Å². The second-order valence-corrected chi connectivity index (χ2v) is 5.96. The van der Waals surface area contributed by atoms with E-state index in [1.807, 2.05) is 25.1 Å². The molecular formula is C18H30N4O. The molecule has 0 aliphatic carbocycles. The lowest BCUT2D eigenvalue weighted by molar-refractivity contribution is -0.119. The third kappa shape index (κ3) is 8.24. The maximum absolute atomic E-state index is 11.9. The highest BCUT2D eigenvalue weighted by Gasteiger charge is 2.09. The molecule has 3 N–H and O–H groups in total. The van der Waals surface area contributed by atoms with Crippen molar-refractivity contribution in [3.8, 4) is 0 Å². The second kappa shape index (κ2) is 10.6. The van der Waals surface area contributed by atoms with Crippen LogP contribution in [0.1, 0.15) is 33.3 Å². The summed E-state index contributed by atoms with van der Waals surface area (Å²) in [4.78, 5) is 16.2. The first-order valence-corrected chi connectivity index (χ1v) is 8.38. The molecule has 0 aliphatic rings. The largest absolute Gasteiger partial charge is 0.357 e. The van der Waals surface area contributed by atoms with Crippen molar-refractivity contribution in [2.45, 2.75) is 40.2 Å². The van der Waals surface area contributed by atoms with Gasteiger partial charge in [-0.25, -0.2) is 4.99 Å². The van der Waals surface area contributed by atoms with Gasteiger partial charge in [0.05, 0.1) is 0 Å². The summed E-state index contributed by atoms with van der Waals surface area (Å²) in [7, 11) is 0. The molecular weight excluding hydrogens is 288 g/mol. The van der Waals surface area contributed by atoms with E-state index >= 15 is 0 Å². The Balaban J connectivity index is 2.37. The van der Waals surface area contributed by atoms with Gasteiger partial charge in [0, 0.05) is 19.1 Å². The highest BCUT2D eigenvalue weighted by molar-refractivity contribution is 5.85. The fraction of sp³-hybridized carbons (Fsp3) is 0.556. The Kier molecular flexibility index (Phi) is 8.80. The van der Waals surface area contributed by atoms with E-state index in [4.69, 9.17) is 0 Å². The quantitative estimate of drug-likeness (QED) is 0.507. The van der Waals surface area contributed by atoms with Crippen molar-refractivity contribution in [2.75, 3.05) is 19.6 Å². The van der Waals surface area contributed by atoms with Gasteiger partial charge < -0.3 is 16.0 Å². The summed E-state index contributed by atoms with van der Waals surface area (Å²) >= 11 is 0. The Bertz CT molecular complexity index is 485. The lowest BCUT2D eigenvalue weighted by Crippen LogP contribution is -2.44. The number of rotatable bonds is 8. The molecule has 0 saturated heterocycles. The predicted octanol–water partition coefficient (Wildman–Crippen LogP) is 1.94. The molecule has 0 radical (unpaired) electrons. The van der Waals surface area contributed by atoms with Crippen LogP contribution in [0, 0.1) is 5.92 Å². The molecule has 1 aromatic carbocycles. The number of guanidine groups is 1. The molecule has 5 heteroatoms. The maximum Gasteiger partial charge on any atom is 0.241 e. The number of nitrogens with one attached hydrogen (secondary N) is 3. The third-order valence-corrected chi connectivity index (χ3v) is 3.67. The van der Waals surface area contributed by atoms with Crippen LogP contribution < -0.4 is 16.0 Å². The van der Waals surface area contributed by atoms with Crippen LogP contribution in [-0.2, 0) is 11.2 Å². The zero-order valence-corrected chi connectivity index (χ0v) is 14.7. The average molecular weight is 318 g/mol. The monoisotopic (exact) mass is 318 g/mol. The number of amides is 1. The van der Waals surface area contributed by atoms with E-state index in [1.54, 1.807) is 0 Å². The number of nitrogens with zero attached hydrogens (tertiary/aromatic N) is 1. The molecule has 0 bridgehead atoms. The molecule has 1 aromatic rings. The molecule has 0 fully saturated rings. The second-order valence-electron chi connectivity index (χ2n) is 5.96. The van der Waals surface area contributed by atoms with Gasteiger partial charge in [-0.2, -0.15) is 0 Å². The van der Waals surface area contributed by atoms with Crippen molar-refractivity contribution in [3.63, 3.8) is 0 Å². The fourth-order valence-electron chi connectivity index (χ4n) is 1.90. The van der Waals surface area contributed by atoms with Gasteiger partial charge in [-0.3, -0.25) is 4.79 Å². The fourth-order valence-corrected chi connectivity index (χ4v) is 1.90. The summed E-state index contributed by atoms with van der Waals surface area (Å²) in [5, 5.41) is 9.38. The van der Waals surface area contributed by atoms with Crippen molar-refractivity contribution >= 4 is 11.9 Å². The summed E-state index contributed by atoms with van der Waals surface area (Å²) in [6, 6.07) is 10.4. The van der Waals surface area contributed by atoms with Gasteiger partial charge in [-0.15, -0.1) is 0 Å². The van der Waals surface area contributed by atoms with E-state index in [1.165, 1.54) is 5.56 Å². The van der Waals surface area contributed by atoms with Crippen LogP contribution in [-0.4, -0.2) is 37.5 Å². The SMILES string of the molecule is CCNC(=NCC(=O)NCCc1ccccc1)NC(C)C(C)C. The minimum Gasteiger partial charge on any atom is -0.357 e. The first-order valence-electron chi connectivity index (χ1n) is 8.38. The summed E-state index contributed by atoms with van der Waals surface area (Å²) in [5.41, 5.74) is 1.22. The summed E-state index contributed by atoms with van der Waals surface area (Å²) in [6.45, 7) is 9.95. The van der Waals surface area contributed by atoms with E-state index in [-0.39, 0.29) is 12.5 Å². The lowest BCUT2D eigenvalue weighted by atomic mass is 10.1. The first-order chi connectivity index (χ1) is 11.0. The minimum atomic E-state index is -0.0599.